The van der Waals surface area contributed by atoms with Gasteiger partial charge in [0.2, 0.25) is 10.0 Å². The Bertz CT molecular complexity index is 1180. The molecule has 158 valence electrons. The lowest BCUT2D eigenvalue weighted by atomic mass is 10.2. The van der Waals surface area contributed by atoms with Crippen LogP contribution < -0.4 is 9.64 Å². The fourth-order valence-electron chi connectivity index (χ4n) is 3.69. The number of piperazine rings is 1. The zero-order valence-electron chi connectivity index (χ0n) is 16.7. The minimum absolute atomic E-state index is 0.0423. The van der Waals surface area contributed by atoms with E-state index in [-0.39, 0.29) is 9.77 Å². The number of carbonyl (C=O) groups is 1. The van der Waals surface area contributed by atoms with Gasteiger partial charge in [-0.1, -0.05) is 30.3 Å². The second kappa shape index (κ2) is 8.25. The summed E-state index contributed by atoms with van der Waals surface area (Å²) >= 11 is 1.14. The molecule has 0 radical (unpaired) electrons. The number of sulfonamides is 1. The van der Waals surface area contributed by atoms with Gasteiger partial charge in [0, 0.05) is 36.3 Å². The number of hydrogen-bond donors (Lipinski definition) is 0. The Morgan fingerprint density at radius 2 is 1.63 bits per heavy atom. The minimum Gasteiger partial charge on any atom is -0.495 e. The molecule has 7 nitrogen and oxygen atoms in total. The largest absolute Gasteiger partial charge is 0.495 e. The lowest BCUT2D eigenvalue weighted by Crippen LogP contribution is -2.48. The average molecular weight is 447 g/mol. The molecule has 0 bridgehead atoms. The topological polar surface area (TPSA) is 76.2 Å². The normalized spacial score (nSPS) is 15.3. The molecule has 0 spiro atoms. The number of esters is 1. The number of rotatable bonds is 5. The van der Waals surface area contributed by atoms with Crippen molar-refractivity contribution >= 4 is 43.1 Å². The van der Waals surface area contributed by atoms with E-state index in [1.54, 1.807) is 19.2 Å². The molecule has 9 heteroatoms. The Labute approximate surface area is 179 Å². The van der Waals surface area contributed by atoms with Gasteiger partial charge in [0.15, 0.2) is 0 Å². The SMILES string of the molecule is COC(=O)c1sc2ccccc2c1S(=O)(=O)N1CCN(c2ccccc2OC)CC1. The van der Waals surface area contributed by atoms with Gasteiger partial charge >= 0.3 is 5.97 Å². The van der Waals surface area contributed by atoms with E-state index in [4.69, 9.17) is 9.47 Å². The van der Waals surface area contributed by atoms with Gasteiger partial charge in [-0.3, -0.25) is 0 Å². The van der Waals surface area contributed by atoms with Crippen LogP contribution in [-0.2, 0) is 14.8 Å². The van der Waals surface area contributed by atoms with Gasteiger partial charge in [0.05, 0.1) is 19.9 Å². The average Bonchev–Trinajstić information content (AvgIpc) is 3.19. The van der Waals surface area contributed by atoms with Crippen molar-refractivity contribution in [1.29, 1.82) is 0 Å². The smallest absolute Gasteiger partial charge is 0.349 e. The summed E-state index contributed by atoms with van der Waals surface area (Å²) in [4.78, 5) is 14.6. The summed E-state index contributed by atoms with van der Waals surface area (Å²) in [6.45, 7) is 1.67. The monoisotopic (exact) mass is 446 g/mol. The first kappa shape index (κ1) is 20.6. The summed E-state index contributed by atoms with van der Waals surface area (Å²) in [5.41, 5.74) is 0.938. The van der Waals surface area contributed by atoms with Crippen molar-refractivity contribution in [1.82, 2.24) is 4.31 Å². The number of benzene rings is 2. The van der Waals surface area contributed by atoms with Crippen LogP contribution in [0.15, 0.2) is 53.4 Å². The molecule has 1 aromatic heterocycles. The maximum Gasteiger partial charge on any atom is 0.349 e. The van der Waals surface area contributed by atoms with E-state index in [0.29, 0.717) is 31.6 Å². The predicted octanol–water partition coefficient (Wildman–Crippen LogP) is 3.21. The van der Waals surface area contributed by atoms with Gasteiger partial charge in [-0.15, -0.1) is 11.3 Å². The second-order valence-electron chi connectivity index (χ2n) is 6.81. The van der Waals surface area contributed by atoms with Crippen molar-refractivity contribution in [3.05, 3.63) is 53.4 Å². The fourth-order valence-corrected chi connectivity index (χ4v) is 6.89. The molecule has 4 rings (SSSR count). The quantitative estimate of drug-likeness (QED) is 0.560. The van der Waals surface area contributed by atoms with Gasteiger partial charge in [-0.05, 0) is 18.2 Å². The summed E-state index contributed by atoms with van der Waals surface area (Å²) in [6.07, 6.45) is 0. The molecular formula is C21H22N2O5S2. The standard InChI is InChI=1S/C21H22N2O5S2/c1-27-17-9-5-4-8-16(17)22-11-13-23(14-12-22)30(25,26)20-15-7-3-6-10-18(15)29-19(20)21(24)28-2/h3-10H,11-14H2,1-2H3. The maximum atomic E-state index is 13.6. The van der Waals surface area contributed by atoms with Crippen LogP contribution in [0.5, 0.6) is 5.75 Å². The molecule has 1 fully saturated rings. The van der Waals surface area contributed by atoms with Gasteiger partial charge in [-0.2, -0.15) is 4.31 Å². The Kier molecular flexibility index (Phi) is 5.68. The van der Waals surface area contributed by atoms with E-state index < -0.39 is 16.0 Å². The van der Waals surface area contributed by atoms with Crippen molar-refractivity contribution in [2.75, 3.05) is 45.3 Å². The molecule has 1 aliphatic heterocycles. The van der Waals surface area contributed by atoms with E-state index in [0.717, 1.165) is 27.5 Å². The molecule has 3 aromatic rings. The number of fused-ring (bicyclic) bond motifs is 1. The lowest BCUT2D eigenvalue weighted by molar-refractivity contribution is 0.0602. The van der Waals surface area contributed by atoms with Crippen molar-refractivity contribution in [3.8, 4) is 5.75 Å². The van der Waals surface area contributed by atoms with Crippen LogP contribution in [0.4, 0.5) is 5.69 Å². The molecule has 30 heavy (non-hydrogen) atoms. The molecule has 0 amide bonds. The molecule has 1 saturated heterocycles. The molecule has 0 atom stereocenters. The predicted molar refractivity (Wildman–Crippen MR) is 117 cm³/mol. The molecule has 1 aliphatic rings. The molecule has 0 aliphatic carbocycles. The molecule has 0 unspecified atom stereocenters. The number of carbonyl (C=O) groups excluding carboxylic acids is 1. The molecule has 0 saturated carbocycles. The third-order valence-corrected chi connectivity index (χ3v) is 8.45. The van der Waals surface area contributed by atoms with Crippen LogP contribution in [0.2, 0.25) is 0 Å². The van der Waals surface area contributed by atoms with Crippen molar-refractivity contribution < 1.29 is 22.7 Å². The highest BCUT2D eigenvalue weighted by molar-refractivity contribution is 7.89. The van der Waals surface area contributed by atoms with Crippen LogP contribution in [-0.4, -0.2) is 59.1 Å². The molecule has 2 heterocycles. The lowest BCUT2D eigenvalue weighted by Gasteiger charge is -2.36. The van der Waals surface area contributed by atoms with Crippen LogP contribution in [0, 0.1) is 0 Å². The Balaban J connectivity index is 1.65. The molecule has 2 aromatic carbocycles. The van der Waals surface area contributed by atoms with Gasteiger partial charge in [0.25, 0.3) is 0 Å². The highest BCUT2D eigenvalue weighted by Crippen LogP contribution is 2.37. The summed E-state index contributed by atoms with van der Waals surface area (Å²) in [5, 5.41) is 0.551. The first-order valence-electron chi connectivity index (χ1n) is 9.45. The minimum atomic E-state index is -3.87. The van der Waals surface area contributed by atoms with Crippen LogP contribution >= 0.6 is 11.3 Å². The Hall–Kier alpha value is -2.62. The van der Waals surface area contributed by atoms with Crippen molar-refractivity contribution in [3.63, 3.8) is 0 Å². The number of methoxy groups -OCH3 is 2. The van der Waals surface area contributed by atoms with Crippen LogP contribution in [0.3, 0.4) is 0 Å². The van der Waals surface area contributed by atoms with Gasteiger partial charge < -0.3 is 14.4 Å². The number of para-hydroxylation sites is 2. The third-order valence-electron chi connectivity index (χ3n) is 5.18. The summed E-state index contributed by atoms with van der Waals surface area (Å²) in [6, 6.07) is 14.8. The fraction of sp³-hybridized carbons (Fsp3) is 0.286. The van der Waals surface area contributed by atoms with E-state index in [2.05, 4.69) is 4.90 Å². The number of ether oxygens (including phenoxy) is 2. The molecule has 0 N–H and O–H groups in total. The highest BCUT2D eigenvalue weighted by atomic mass is 32.2. The van der Waals surface area contributed by atoms with E-state index >= 15 is 0 Å². The van der Waals surface area contributed by atoms with Gasteiger partial charge in [0.1, 0.15) is 15.5 Å². The first-order chi connectivity index (χ1) is 14.5. The number of thiophene rings is 1. The maximum absolute atomic E-state index is 13.6. The summed E-state index contributed by atoms with van der Waals surface area (Å²) < 4.78 is 39.6. The Morgan fingerprint density at radius 1 is 0.967 bits per heavy atom. The van der Waals surface area contributed by atoms with E-state index in [1.807, 2.05) is 36.4 Å². The third kappa shape index (κ3) is 3.53. The second-order valence-corrected chi connectivity index (χ2v) is 9.74. The Morgan fingerprint density at radius 3 is 2.33 bits per heavy atom. The van der Waals surface area contributed by atoms with Crippen LogP contribution in [0.25, 0.3) is 10.1 Å². The zero-order valence-corrected chi connectivity index (χ0v) is 18.3. The molecular weight excluding hydrogens is 424 g/mol. The number of anilines is 1. The first-order valence-corrected chi connectivity index (χ1v) is 11.7. The number of hydrogen-bond acceptors (Lipinski definition) is 7. The van der Waals surface area contributed by atoms with Crippen molar-refractivity contribution in [2.24, 2.45) is 0 Å². The summed E-state index contributed by atoms with van der Waals surface area (Å²) in [5.74, 6) is 0.119. The van der Waals surface area contributed by atoms with E-state index in [1.165, 1.54) is 11.4 Å². The van der Waals surface area contributed by atoms with E-state index in [9.17, 15) is 13.2 Å². The zero-order chi connectivity index (χ0) is 21.3. The highest BCUT2D eigenvalue weighted by Gasteiger charge is 2.35. The van der Waals surface area contributed by atoms with Gasteiger partial charge in [-0.25, -0.2) is 13.2 Å². The number of nitrogens with zero attached hydrogens (tertiary/aromatic N) is 2. The van der Waals surface area contributed by atoms with Crippen LogP contribution in [0.1, 0.15) is 9.67 Å². The summed E-state index contributed by atoms with van der Waals surface area (Å²) in [7, 11) is -0.988. The van der Waals surface area contributed by atoms with Crippen molar-refractivity contribution in [2.45, 2.75) is 4.90 Å².